The molecule has 1 aromatic carbocycles. The van der Waals surface area contributed by atoms with Gasteiger partial charge in [0.05, 0.1) is 40.0 Å². The van der Waals surface area contributed by atoms with Crippen molar-refractivity contribution in [3.05, 3.63) is 78.3 Å². The van der Waals surface area contributed by atoms with Crippen molar-refractivity contribution in [1.82, 2.24) is 9.55 Å². The van der Waals surface area contributed by atoms with Gasteiger partial charge >= 0.3 is 0 Å². The Morgan fingerprint density at radius 2 is 2.00 bits per heavy atom. The standard InChI is InChI=1S/C22H19N5/c1-14-6-5-13-23-26-18-10-9-16(24-21(14)18)17-11-12-20-22(25-17)15-7-3-4-8-19(15)27(20)2/h3-13,17,25-26H,1H2,2H3/b6-5-,23-13-. The van der Waals surface area contributed by atoms with Gasteiger partial charge in [-0.3, -0.25) is 5.43 Å². The van der Waals surface area contributed by atoms with Crippen molar-refractivity contribution in [1.29, 1.82) is 0 Å². The summed E-state index contributed by atoms with van der Waals surface area (Å²) in [6, 6.07) is 12.5. The van der Waals surface area contributed by atoms with E-state index in [1.165, 1.54) is 16.6 Å². The van der Waals surface area contributed by atoms with Gasteiger partial charge in [-0.1, -0.05) is 36.9 Å². The predicted octanol–water partition coefficient (Wildman–Crippen LogP) is 4.73. The lowest BCUT2D eigenvalue weighted by Crippen LogP contribution is -2.15. The predicted molar refractivity (Wildman–Crippen MR) is 113 cm³/mol. The van der Waals surface area contributed by atoms with Gasteiger partial charge in [-0.2, -0.15) is 5.10 Å². The third-order valence-electron chi connectivity index (χ3n) is 5.08. The molecule has 5 heteroatoms. The number of nitrogens with zero attached hydrogens (tertiary/aromatic N) is 3. The second-order valence-electron chi connectivity index (χ2n) is 6.72. The van der Waals surface area contributed by atoms with Crippen molar-refractivity contribution in [2.24, 2.45) is 12.1 Å². The van der Waals surface area contributed by atoms with Crippen LogP contribution in [0.4, 0.5) is 11.4 Å². The van der Waals surface area contributed by atoms with Crippen LogP contribution in [0, 0.1) is 0 Å². The zero-order chi connectivity index (χ0) is 18.4. The third-order valence-corrected chi connectivity index (χ3v) is 5.08. The number of hydrogen-bond acceptors (Lipinski definition) is 4. The van der Waals surface area contributed by atoms with Crippen LogP contribution in [0.1, 0.15) is 23.1 Å². The van der Waals surface area contributed by atoms with E-state index in [1.54, 1.807) is 6.21 Å². The minimum Gasteiger partial charge on any atom is -0.371 e. The Balaban J connectivity index is 1.56. The highest BCUT2D eigenvalue weighted by atomic mass is 15.3. The van der Waals surface area contributed by atoms with Crippen LogP contribution in [0.5, 0.6) is 0 Å². The molecular formula is C22H19N5. The van der Waals surface area contributed by atoms with Crippen molar-refractivity contribution < 1.29 is 0 Å². The molecule has 3 aromatic rings. The van der Waals surface area contributed by atoms with E-state index >= 15 is 0 Å². The molecule has 2 aliphatic rings. The van der Waals surface area contributed by atoms with Gasteiger partial charge < -0.3 is 9.88 Å². The Bertz CT molecular complexity index is 1160. The van der Waals surface area contributed by atoms with Crippen molar-refractivity contribution in [2.45, 2.75) is 6.04 Å². The van der Waals surface area contributed by atoms with Gasteiger partial charge in [-0.25, -0.2) is 4.98 Å². The first kappa shape index (κ1) is 15.6. The summed E-state index contributed by atoms with van der Waals surface area (Å²) >= 11 is 0. The van der Waals surface area contributed by atoms with E-state index in [4.69, 9.17) is 4.98 Å². The topological polar surface area (TPSA) is 54.2 Å². The Labute approximate surface area is 157 Å². The number of aromatic nitrogens is 2. The molecule has 0 saturated heterocycles. The summed E-state index contributed by atoms with van der Waals surface area (Å²) in [5.74, 6) is 0. The zero-order valence-corrected chi connectivity index (χ0v) is 15.0. The van der Waals surface area contributed by atoms with Crippen LogP contribution in [-0.4, -0.2) is 15.8 Å². The van der Waals surface area contributed by atoms with E-state index in [-0.39, 0.29) is 6.04 Å². The molecule has 4 heterocycles. The molecule has 0 bridgehead atoms. The maximum absolute atomic E-state index is 4.87. The first-order valence-corrected chi connectivity index (χ1v) is 8.90. The highest BCUT2D eigenvalue weighted by molar-refractivity contribution is 5.99. The van der Waals surface area contributed by atoms with Gasteiger partial charge in [0.1, 0.15) is 0 Å². The molecule has 0 radical (unpaired) electrons. The fourth-order valence-electron chi connectivity index (χ4n) is 3.69. The zero-order valence-electron chi connectivity index (χ0n) is 15.0. The summed E-state index contributed by atoms with van der Waals surface area (Å²) in [6.45, 7) is 4.13. The molecule has 2 N–H and O–H groups in total. The molecule has 2 aromatic heterocycles. The summed E-state index contributed by atoms with van der Waals surface area (Å²) in [4.78, 5) is 4.87. The summed E-state index contributed by atoms with van der Waals surface area (Å²) in [5, 5.41) is 9.02. The third kappa shape index (κ3) is 2.47. The lowest BCUT2D eigenvalue weighted by Gasteiger charge is -2.22. The molecule has 0 saturated carbocycles. The molecule has 27 heavy (non-hydrogen) atoms. The fourth-order valence-corrected chi connectivity index (χ4v) is 3.69. The molecular weight excluding hydrogens is 334 g/mol. The number of fused-ring (bicyclic) bond motifs is 4. The minimum atomic E-state index is -0.000623. The van der Waals surface area contributed by atoms with Gasteiger partial charge in [0, 0.05) is 18.6 Å². The van der Waals surface area contributed by atoms with E-state index in [1.807, 2.05) is 24.3 Å². The van der Waals surface area contributed by atoms with Crippen LogP contribution >= 0.6 is 0 Å². The maximum atomic E-state index is 4.87. The van der Waals surface area contributed by atoms with Crippen LogP contribution in [0.15, 0.2) is 66.3 Å². The SMILES string of the molecule is C=C1/C=C\C=N/Nc2ccc(C3C=Cc4c(c5ccccc5n4C)N3)nc21. The molecule has 0 aliphatic carbocycles. The van der Waals surface area contributed by atoms with Crippen LogP contribution in [0.2, 0.25) is 0 Å². The Morgan fingerprint density at radius 1 is 1.11 bits per heavy atom. The number of aryl methyl sites for hydroxylation is 1. The molecule has 2 aliphatic heterocycles. The second-order valence-corrected chi connectivity index (χ2v) is 6.72. The van der Waals surface area contributed by atoms with Gasteiger partial charge in [-0.05, 0) is 35.9 Å². The lowest BCUT2D eigenvalue weighted by molar-refractivity contribution is 0.894. The molecule has 1 atom stereocenters. The normalized spacial score (nSPS) is 20.0. The molecule has 5 nitrogen and oxygen atoms in total. The number of nitrogens with one attached hydrogen (secondary N) is 2. The molecule has 0 amide bonds. The second kappa shape index (κ2) is 5.99. The van der Waals surface area contributed by atoms with Crippen molar-refractivity contribution in [3.8, 4) is 0 Å². The van der Waals surface area contributed by atoms with Gasteiger partial charge in [0.2, 0.25) is 0 Å². The van der Waals surface area contributed by atoms with Crippen LogP contribution in [-0.2, 0) is 7.05 Å². The van der Waals surface area contributed by atoms with Crippen molar-refractivity contribution in [3.63, 3.8) is 0 Å². The molecule has 1 unspecified atom stereocenters. The summed E-state index contributed by atoms with van der Waals surface area (Å²) in [6.07, 6.45) is 9.81. The first-order chi connectivity index (χ1) is 13.2. The number of rotatable bonds is 1. The summed E-state index contributed by atoms with van der Waals surface area (Å²) < 4.78 is 2.22. The summed E-state index contributed by atoms with van der Waals surface area (Å²) in [7, 11) is 2.10. The van der Waals surface area contributed by atoms with E-state index in [0.717, 1.165) is 28.3 Å². The molecule has 0 fully saturated rings. The monoisotopic (exact) mass is 353 g/mol. The van der Waals surface area contributed by atoms with Gasteiger partial charge in [0.25, 0.3) is 0 Å². The number of pyridine rings is 1. The van der Waals surface area contributed by atoms with Gasteiger partial charge in [0.15, 0.2) is 0 Å². The number of hydrazone groups is 1. The largest absolute Gasteiger partial charge is 0.371 e. The number of allylic oxidation sites excluding steroid dienone is 3. The highest BCUT2D eigenvalue weighted by Gasteiger charge is 2.22. The Hall–Kier alpha value is -3.60. The summed E-state index contributed by atoms with van der Waals surface area (Å²) in [5.41, 5.74) is 10.0. The Morgan fingerprint density at radius 3 is 2.93 bits per heavy atom. The van der Waals surface area contributed by atoms with E-state index < -0.39 is 0 Å². The highest BCUT2D eigenvalue weighted by Crippen LogP contribution is 2.38. The Kier molecular flexibility index (Phi) is 3.47. The van der Waals surface area contributed by atoms with Crippen molar-refractivity contribution in [2.75, 3.05) is 10.7 Å². The molecule has 132 valence electrons. The smallest absolute Gasteiger partial charge is 0.0950 e. The van der Waals surface area contributed by atoms with Gasteiger partial charge in [-0.15, -0.1) is 0 Å². The van der Waals surface area contributed by atoms with Crippen LogP contribution in [0.25, 0.3) is 22.6 Å². The average Bonchev–Trinajstić information content (AvgIpc) is 2.98. The average molecular weight is 353 g/mol. The molecule has 0 spiro atoms. The van der Waals surface area contributed by atoms with E-state index in [9.17, 15) is 0 Å². The first-order valence-electron chi connectivity index (χ1n) is 8.90. The quantitative estimate of drug-likeness (QED) is 0.665. The fraction of sp³-hybridized carbons (Fsp3) is 0.0909. The van der Waals surface area contributed by atoms with E-state index in [2.05, 4.69) is 70.5 Å². The number of anilines is 2. The number of benzene rings is 1. The number of para-hydroxylation sites is 1. The van der Waals surface area contributed by atoms with E-state index in [0.29, 0.717) is 0 Å². The maximum Gasteiger partial charge on any atom is 0.0950 e. The number of hydrogen-bond donors (Lipinski definition) is 2. The lowest BCUT2D eigenvalue weighted by atomic mass is 10.0. The van der Waals surface area contributed by atoms with Crippen LogP contribution in [0.3, 0.4) is 0 Å². The molecule has 5 rings (SSSR count). The minimum absolute atomic E-state index is 0.000623. The van der Waals surface area contributed by atoms with Crippen LogP contribution < -0.4 is 10.7 Å². The van der Waals surface area contributed by atoms with Crippen molar-refractivity contribution >= 4 is 40.1 Å².